The summed E-state index contributed by atoms with van der Waals surface area (Å²) in [5, 5.41) is 2.64. The molecule has 1 aliphatic heterocycles. The van der Waals surface area contributed by atoms with Crippen molar-refractivity contribution in [3.8, 4) is 0 Å². The van der Waals surface area contributed by atoms with Gasteiger partial charge in [0.05, 0.1) is 0 Å². The molecular formula is C13H15F4N. The van der Waals surface area contributed by atoms with Gasteiger partial charge < -0.3 is 5.32 Å². The normalized spacial score (nSPS) is 25.1. The van der Waals surface area contributed by atoms with Gasteiger partial charge in [0.2, 0.25) is 0 Å². The highest BCUT2D eigenvalue weighted by molar-refractivity contribution is 5.17. The van der Waals surface area contributed by atoms with Gasteiger partial charge in [0.25, 0.3) is 0 Å². The van der Waals surface area contributed by atoms with E-state index in [2.05, 4.69) is 5.32 Å². The molecule has 0 saturated carbocycles. The minimum atomic E-state index is -4.18. The van der Waals surface area contributed by atoms with E-state index in [1.807, 2.05) is 0 Å². The quantitative estimate of drug-likeness (QED) is 0.804. The summed E-state index contributed by atoms with van der Waals surface area (Å²) in [6.45, 7) is 0. The van der Waals surface area contributed by atoms with E-state index in [-0.39, 0.29) is 18.3 Å². The smallest absolute Gasteiger partial charge is 0.303 e. The van der Waals surface area contributed by atoms with Crippen molar-refractivity contribution in [2.45, 2.75) is 43.9 Å². The van der Waals surface area contributed by atoms with E-state index in [0.717, 1.165) is 12.0 Å². The summed E-state index contributed by atoms with van der Waals surface area (Å²) in [6, 6.07) is 4.31. The van der Waals surface area contributed by atoms with E-state index in [1.54, 1.807) is 12.1 Å². The number of halogens is 4. The third-order valence-corrected chi connectivity index (χ3v) is 3.27. The first-order valence-electron chi connectivity index (χ1n) is 6.02. The van der Waals surface area contributed by atoms with Crippen molar-refractivity contribution in [1.29, 1.82) is 0 Å². The number of hydrogen-bond donors (Lipinski definition) is 1. The fourth-order valence-electron chi connectivity index (χ4n) is 2.34. The zero-order chi connectivity index (χ0) is 13.2. The second kappa shape index (κ2) is 5.26. The predicted molar refractivity (Wildman–Crippen MR) is 60.7 cm³/mol. The average molecular weight is 261 g/mol. The monoisotopic (exact) mass is 261 g/mol. The molecule has 0 radical (unpaired) electrons. The first kappa shape index (κ1) is 13.3. The lowest BCUT2D eigenvalue weighted by Gasteiger charge is -2.32. The highest BCUT2D eigenvalue weighted by Gasteiger charge is 2.41. The number of hydrogen-bond acceptors (Lipinski definition) is 1. The van der Waals surface area contributed by atoms with Crippen molar-refractivity contribution < 1.29 is 17.6 Å². The summed E-state index contributed by atoms with van der Waals surface area (Å²) < 4.78 is 50.5. The summed E-state index contributed by atoms with van der Waals surface area (Å²) in [7, 11) is 0. The molecule has 1 fully saturated rings. The Morgan fingerprint density at radius 1 is 1.11 bits per heavy atom. The number of nitrogens with one attached hydrogen (secondary N) is 1. The van der Waals surface area contributed by atoms with Gasteiger partial charge in [0, 0.05) is 6.04 Å². The van der Waals surface area contributed by atoms with E-state index >= 15 is 0 Å². The Morgan fingerprint density at radius 3 is 2.39 bits per heavy atom. The fraction of sp³-hybridized carbons (Fsp3) is 0.538. The maximum atomic E-state index is 12.7. The van der Waals surface area contributed by atoms with Crippen molar-refractivity contribution in [1.82, 2.24) is 5.32 Å². The molecular weight excluding hydrogens is 246 g/mol. The average Bonchev–Trinajstić information content (AvgIpc) is 2.31. The number of piperidine rings is 1. The molecule has 1 saturated heterocycles. The summed E-state index contributed by atoms with van der Waals surface area (Å²) in [6.07, 6.45) is -2.23. The second-order valence-electron chi connectivity index (χ2n) is 4.72. The molecule has 0 amide bonds. The molecule has 0 bridgehead atoms. The van der Waals surface area contributed by atoms with Crippen LogP contribution in [0.2, 0.25) is 0 Å². The van der Waals surface area contributed by atoms with E-state index in [9.17, 15) is 17.6 Å². The van der Waals surface area contributed by atoms with Crippen molar-refractivity contribution in [3.63, 3.8) is 0 Å². The van der Waals surface area contributed by atoms with Crippen LogP contribution in [0.1, 0.15) is 24.8 Å². The molecule has 100 valence electrons. The maximum absolute atomic E-state index is 12.7. The number of alkyl halides is 3. The lowest BCUT2D eigenvalue weighted by atomic mass is 9.93. The van der Waals surface area contributed by atoms with Crippen LogP contribution >= 0.6 is 0 Å². The van der Waals surface area contributed by atoms with E-state index in [4.69, 9.17) is 0 Å². The van der Waals surface area contributed by atoms with Crippen LogP contribution in [-0.4, -0.2) is 18.3 Å². The first-order chi connectivity index (χ1) is 8.45. The van der Waals surface area contributed by atoms with Gasteiger partial charge in [0.1, 0.15) is 11.9 Å². The molecule has 5 heteroatoms. The molecule has 2 unspecified atom stereocenters. The molecule has 1 heterocycles. The van der Waals surface area contributed by atoms with Crippen LogP contribution in [0.15, 0.2) is 24.3 Å². The molecule has 1 N–H and O–H groups in total. The molecule has 1 aromatic carbocycles. The van der Waals surface area contributed by atoms with Gasteiger partial charge in [-0.3, -0.25) is 0 Å². The molecule has 18 heavy (non-hydrogen) atoms. The highest BCUT2D eigenvalue weighted by atomic mass is 19.4. The van der Waals surface area contributed by atoms with E-state index < -0.39 is 12.2 Å². The van der Waals surface area contributed by atoms with E-state index in [0.29, 0.717) is 12.8 Å². The zero-order valence-electron chi connectivity index (χ0n) is 9.80. The topological polar surface area (TPSA) is 12.0 Å². The van der Waals surface area contributed by atoms with Crippen LogP contribution in [0.5, 0.6) is 0 Å². The van der Waals surface area contributed by atoms with Crippen LogP contribution in [0.25, 0.3) is 0 Å². The highest BCUT2D eigenvalue weighted by Crippen LogP contribution is 2.28. The summed E-state index contributed by atoms with van der Waals surface area (Å²) in [5.41, 5.74) is 0.858. The SMILES string of the molecule is Fc1ccc(CC2CCCC(C(F)(F)F)N2)cc1. The fourth-order valence-corrected chi connectivity index (χ4v) is 2.34. The Kier molecular flexibility index (Phi) is 3.90. The van der Waals surface area contributed by atoms with Gasteiger partial charge in [-0.1, -0.05) is 12.1 Å². The standard InChI is InChI=1S/C13H15F4N/c14-10-6-4-9(5-7-10)8-11-2-1-3-12(18-11)13(15,16)17/h4-7,11-12,18H,1-3,8H2. The largest absolute Gasteiger partial charge is 0.403 e. The van der Waals surface area contributed by atoms with Crippen molar-refractivity contribution >= 4 is 0 Å². The Labute approximate surface area is 103 Å². The molecule has 1 aromatic rings. The van der Waals surface area contributed by atoms with Gasteiger partial charge in [-0.15, -0.1) is 0 Å². The van der Waals surface area contributed by atoms with Crippen LogP contribution in [0.4, 0.5) is 17.6 Å². The predicted octanol–water partition coefficient (Wildman–Crippen LogP) is 3.44. The second-order valence-corrected chi connectivity index (χ2v) is 4.72. The third kappa shape index (κ3) is 3.45. The Balaban J connectivity index is 1.95. The zero-order valence-corrected chi connectivity index (χ0v) is 9.80. The maximum Gasteiger partial charge on any atom is 0.403 e. The Hall–Kier alpha value is -1.10. The lowest BCUT2D eigenvalue weighted by molar-refractivity contribution is -0.163. The van der Waals surface area contributed by atoms with Crippen LogP contribution in [-0.2, 0) is 6.42 Å². The summed E-state index contributed by atoms with van der Waals surface area (Å²) >= 11 is 0. The van der Waals surface area contributed by atoms with Gasteiger partial charge in [-0.25, -0.2) is 4.39 Å². The van der Waals surface area contributed by atoms with Gasteiger partial charge in [0.15, 0.2) is 0 Å². The first-order valence-corrected chi connectivity index (χ1v) is 6.02. The number of benzene rings is 1. The molecule has 0 aromatic heterocycles. The molecule has 0 aliphatic carbocycles. The van der Waals surface area contributed by atoms with Crippen LogP contribution in [0.3, 0.4) is 0 Å². The summed E-state index contributed by atoms with van der Waals surface area (Å²) in [5.74, 6) is -0.330. The minimum absolute atomic E-state index is 0.142. The molecule has 0 spiro atoms. The lowest BCUT2D eigenvalue weighted by Crippen LogP contribution is -2.50. The van der Waals surface area contributed by atoms with E-state index in [1.165, 1.54) is 12.1 Å². The van der Waals surface area contributed by atoms with Crippen molar-refractivity contribution in [2.24, 2.45) is 0 Å². The Morgan fingerprint density at radius 2 is 1.78 bits per heavy atom. The third-order valence-electron chi connectivity index (χ3n) is 3.27. The molecule has 1 nitrogen and oxygen atoms in total. The Bertz CT molecular complexity index is 385. The molecule has 2 rings (SSSR count). The summed E-state index contributed by atoms with van der Waals surface area (Å²) in [4.78, 5) is 0. The van der Waals surface area contributed by atoms with Crippen LogP contribution in [0, 0.1) is 5.82 Å². The van der Waals surface area contributed by atoms with Crippen molar-refractivity contribution in [3.05, 3.63) is 35.6 Å². The van der Waals surface area contributed by atoms with Crippen molar-refractivity contribution in [2.75, 3.05) is 0 Å². The van der Waals surface area contributed by atoms with Gasteiger partial charge in [-0.2, -0.15) is 13.2 Å². The molecule has 1 aliphatic rings. The van der Waals surface area contributed by atoms with Crippen LogP contribution < -0.4 is 5.32 Å². The van der Waals surface area contributed by atoms with Gasteiger partial charge in [-0.05, 0) is 43.4 Å². The minimum Gasteiger partial charge on any atom is -0.303 e. The number of rotatable bonds is 2. The van der Waals surface area contributed by atoms with Gasteiger partial charge >= 0.3 is 6.18 Å². The molecule has 2 atom stereocenters.